The van der Waals surface area contributed by atoms with Crippen LogP contribution < -0.4 is 0 Å². The van der Waals surface area contributed by atoms with Crippen molar-refractivity contribution in [2.45, 2.75) is 91.1 Å². The Morgan fingerprint density at radius 1 is 0.913 bits per heavy atom. The van der Waals surface area contributed by atoms with Gasteiger partial charge in [0.25, 0.3) is 0 Å². The van der Waals surface area contributed by atoms with Crippen LogP contribution in [0.5, 0.6) is 0 Å². The maximum absolute atomic E-state index is 11.4. The van der Waals surface area contributed by atoms with E-state index in [0.29, 0.717) is 6.42 Å². The second kappa shape index (κ2) is 16.7. The maximum Gasteiger partial charge on any atom is 0.186 e. The van der Waals surface area contributed by atoms with E-state index in [9.17, 15) is 4.79 Å². The summed E-state index contributed by atoms with van der Waals surface area (Å²) in [6.45, 7) is 5.96. The van der Waals surface area contributed by atoms with Gasteiger partial charge in [0.2, 0.25) is 0 Å². The van der Waals surface area contributed by atoms with Crippen LogP contribution in [0, 0.1) is 5.41 Å². The van der Waals surface area contributed by atoms with Crippen molar-refractivity contribution in [1.82, 2.24) is 0 Å². The summed E-state index contributed by atoms with van der Waals surface area (Å²) in [6, 6.07) is 0. The average Bonchev–Trinajstić information content (AvgIpc) is 2.55. The number of hydrogen-bond acceptors (Lipinski definition) is 4. The zero-order valence-electron chi connectivity index (χ0n) is 15.3. The molecule has 0 fully saturated rings. The summed E-state index contributed by atoms with van der Waals surface area (Å²) in [7, 11) is 0. The Morgan fingerprint density at radius 2 is 1.26 bits per heavy atom. The third-order valence-corrected chi connectivity index (χ3v) is 4.29. The molecule has 0 atom stereocenters. The van der Waals surface area contributed by atoms with E-state index in [-0.39, 0.29) is 23.7 Å². The van der Waals surface area contributed by atoms with Crippen molar-refractivity contribution in [3.63, 3.8) is 0 Å². The first kappa shape index (κ1) is 25.1. The highest BCUT2D eigenvalue weighted by atomic mass is 32.1. The van der Waals surface area contributed by atoms with Crippen LogP contribution in [0.3, 0.4) is 0 Å². The molecule has 0 bridgehead atoms. The lowest BCUT2D eigenvalue weighted by atomic mass is 9.72. The largest absolute Gasteiger partial charge is 0.394 e. The molecule has 0 rings (SSSR count). The first-order valence-corrected chi connectivity index (χ1v) is 9.47. The van der Waals surface area contributed by atoms with Gasteiger partial charge in [-0.25, -0.2) is 0 Å². The Bertz CT molecular complexity index is 246. The van der Waals surface area contributed by atoms with Crippen molar-refractivity contribution in [3.05, 3.63) is 0 Å². The minimum absolute atomic E-state index is 0.0771. The van der Waals surface area contributed by atoms with E-state index in [4.69, 9.17) is 15.3 Å². The fraction of sp³-hybridized carbons (Fsp3) is 0.944. The van der Waals surface area contributed by atoms with Gasteiger partial charge < -0.3 is 15.3 Å². The number of aliphatic hydroxyl groups is 3. The standard InChI is InChI=1S/C15H30OS.C3H8O3/c1-4-7-10-15(11-8-5-2,12-9-6-3)13-14(16)17;4-1-3(6)2-5/h4-13H2,1-3H3,(H,16,17);3-6H,1-2H2. The van der Waals surface area contributed by atoms with Gasteiger partial charge in [0.15, 0.2) is 5.12 Å². The topological polar surface area (TPSA) is 77.8 Å². The highest BCUT2D eigenvalue weighted by molar-refractivity contribution is 7.96. The number of hydrogen-bond donors (Lipinski definition) is 4. The molecule has 23 heavy (non-hydrogen) atoms. The van der Waals surface area contributed by atoms with E-state index in [2.05, 4.69) is 33.4 Å². The van der Waals surface area contributed by atoms with Crippen molar-refractivity contribution in [3.8, 4) is 0 Å². The molecule has 0 heterocycles. The van der Waals surface area contributed by atoms with Crippen LogP contribution >= 0.6 is 12.6 Å². The van der Waals surface area contributed by atoms with Gasteiger partial charge >= 0.3 is 0 Å². The fourth-order valence-corrected chi connectivity index (χ4v) is 3.01. The van der Waals surface area contributed by atoms with Gasteiger partial charge in [-0.1, -0.05) is 59.3 Å². The van der Waals surface area contributed by atoms with Gasteiger partial charge in [-0.05, 0) is 24.7 Å². The van der Waals surface area contributed by atoms with Gasteiger partial charge in [-0.2, -0.15) is 0 Å². The number of rotatable bonds is 13. The molecule has 0 aromatic rings. The predicted molar refractivity (Wildman–Crippen MR) is 99.8 cm³/mol. The molecule has 0 amide bonds. The molecule has 3 N–H and O–H groups in total. The Kier molecular flexibility index (Phi) is 18.3. The molecule has 0 spiro atoms. The van der Waals surface area contributed by atoms with Crippen molar-refractivity contribution in [2.24, 2.45) is 5.41 Å². The van der Waals surface area contributed by atoms with Crippen LogP contribution in [0.4, 0.5) is 0 Å². The summed E-state index contributed by atoms with van der Waals surface area (Å²) in [5, 5.41) is 24.1. The molecule has 0 aliphatic heterocycles. The van der Waals surface area contributed by atoms with E-state index in [1.807, 2.05) is 0 Å². The van der Waals surface area contributed by atoms with Crippen LogP contribution in [-0.2, 0) is 4.79 Å². The Balaban J connectivity index is 0. The van der Waals surface area contributed by atoms with Gasteiger partial charge in [-0.3, -0.25) is 4.79 Å². The van der Waals surface area contributed by atoms with Crippen LogP contribution in [0.15, 0.2) is 0 Å². The summed E-state index contributed by atoms with van der Waals surface area (Å²) in [5.74, 6) is 0. The van der Waals surface area contributed by atoms with Gasteiger partial charge in [0, 0.05) is 6.42 Å². The SMILES string of the molecule is CCCCC(CCCC)(CCCC)CC(=O)S.OCC(O)CO. The van der Waals surface area contributed by atoms with E-state index in [1.54, 1.807) is 0 Å². The van der Waals surface area contributed by atoms with Crippen molar-refractivity contribution in [2.75, 3.05) is 13.2 Å². The molecule has 0 unspecified atom stereocenters. The average molecular weight is 351 g/mol. The van der Waals surface area contributed by atoms with Crippen LogP contribution in [0.25, 0.3) is 0 Å². The number of carbonyl (C=O) groups is 1. The van der Waals surface area contributed by atoms with Crippen LogP contribution in [0.1, 0.15) is 85.0 Å². The summed E-state index contributed by atoms with van der Waals surface area (Å²) in [5.41, 5.74) is 0.251. The van der Waals surface area contributed by atoms with Gasteiger partial charge in [-0.15, -0.1) is 12.6 Å². The molecule has 5 heteroatoms. The monoisotopic (exact) mass is 350 g/mol. The summed E-state index contributed by atoms with van der Waals surface area (Å²) in [4.78, 5) is 11.4. The maximum atomic E-state index is 11.4. The highest BCUT2D eigenvalue weighted by Gasteiger charge is 2.29. The molecule has 0 aliphatic carbocycles. The molecule has 0 saturated carbocycles. The lowest BCUT2D eigenvalue weighted by Crippen LogP contribution is -2.23. The first-order chi connectivity index (χ1) is 10.9. The molecule has 0 aliphatic rings. The second-order valence-corrected chi connectivity index (χ2v) is 6.90. The van der Waals surface area contributed by atoms with E-state index in [1.165, 1.54) is 57.8 Å². The van der Waals surface area contributed by atoms with E-state index >= 15 is 0 Å². The molecular weight excluding hydrogens is 312 g/mol. The molecular formula is C18H38O4S. The molecule has 0 radical (unpaired) electrons. The first-order valence-electron chi connectivity index (χ1n) is 9.02. The van der Waals surface area contributed by atoms with Crippen molar-refractivity contribution < 1.29 is 20.1 Å². The van der Waals surface area contributed by atoms with Crippen molar-refractivity contribution >= 4 is 17.7 Å². The molecule has 0 saturated heterocycles. The Morgan fingerprint density at radius 3 is 1.43 bits per heavy atom. The minimum Gasteiger partial charge on any atom is -0.394 e. The molecule has 0 aromatic heterocycles. The minimum atomic E-state index is -0.954. The zero-order valence-corrected chi connectivity index (χ0v) is 16.2. The highest BCUT2D eigenvalue weighted by Crippen LogP contribution is 2.40. The number of unbranched alkanes of at least 4 members (excludes halogenated alkanes) is 3. The van der Waals surface area contributed by atoms with E-state index < -0.39 is 6.10 Å². The molecule has 140 valence electrons. The third kappa shape index (κ3) is 15.2. The Hall–Kier alpha value is -0.100. The number of aliphatic hydroxyl groups excluding tert-OH is 3. The quantitative estimate of drug-likeness (QED) is 0.382. The molecule has 0 aromatic carbocycles. The lowest BCUT2D eigenvalue weighted by molar-refractivity contribution is -0.113. The number of carbonyl (C=O) groups excluding carboxylic acids is 1. The van der Waals surface area contributed by atoms with E-state index in [0.717, 1.165) is 0 Å². The Labute approximate surface area is 148 Å². The van der Waals surface area contributed by atoms with Crippen LogP contribution in [0.2, 0.25) is 0 Å². The third-order valence-electron chi connectivity index (χ3n) is 4.13. The van der Waals surface area contributed by atoms with Crippen molar-refractivity contribution in [1.29, 1.82) is 0 Å². The predicted octanol–water partition coefficient (Wildman–Crippen LogP) is 3.72. The van der Waals surface area contributed by atoms with Crippen LogP contribution in [-0.4, -0.2) is 39.8 Å². The summed E-state index contributed by atoms with van der Waals surface area (Å²) < 4.78 is 0. The fourth-order valence-electron chi connectivity index (χ4n) is 2.67. The summed E-state index contributed by atoms with van der Waals surface area (Å²) in [6.07, 6.45) is 10.7. The number of thiol groups is 1. The lowest BCUT2D eigenvalue weighted by Gasteiger charge is -2.33. The normalized spacial score (nSPS) is 11.3. The van der Waals surface area contributed by atoms with Gasteiger partial charge in [0.1, 0.15) is 6.10 Å². The second-order valence-electron chi connectivity index (χ2n) is 6.40. The zero-order chi connectivity index (χ0) is 18.1. The molecule has 4 nitrogen and oxygen atoms in total. The van der Waals surface area contributed by atoms with Gasteiger partial charge in [0.05, 0.1) is 13.2 Å². The summed E-state index contributed by atoms with van der Waals surface area (Å²) >= 11 is 4.02. The smallest absolute Gasteiger partial charge is 0.186 e.